The number of carbonyl (C=O) groups is 2. The van der Waals surface area contributed by atoms with Crippen molar-refractivity contribution in [2.24, 2.45) is 11.7 Å². The Labute approximate surface area is 88.7 Å². The smallest absolute Gasteiger partial charge is 0.307 e. The number of rotatable bonds is 8. The summed E-state index contributed by atoms with van der Waals surface area (Å²) >= 11 is 0. The molecule has 0 aliphatic rings. The molecule has 15 heavy (non-hydrogen) atoms. The van der Waals surface area contributed by atoms with Gasteiger partial charge in [0.15, 0.2) is 0 Å². The molecule has 0 fully saturated rings. The third-order valence-electron chi connectivity index (χ3n) is 1.97. The molecule has 0 aromatic carbocycles. The molecule has 1 amide bonds. The minimum absolute atomic E-state index is 0.0106. The van der Waals surface area contributed by atoms with E-state index >= 15 is 0 Å². The maximum Gasteiger partial charge on any atom is 0.307 e. The van der Waals surface area contributed by atoms with Crippen molar-refractivity contribution in [1.29, 1.82) is 0 Å². The van der Waals surface area contributed by atoms with E-state index in [1.54, 1.807) is 11.8 Å². The van der Waals surface area contributed by atoms with E-state index in [0.29, 0.717) is 13.0 Å². The minimum atomic E-state index is -0.909. The molecule has 0 spiro atoms. The van der Waals surface area contributed by atoms with Gasteiger partial charge in [-0.2, -0.15) is 0 Å². The van der Waals surface area contributed by atoms with Gasteiger partial charge in [0.1, 0.15) is 0 Å². The maximum absolute atomic E-state index is 10.7. The fourth-order valence-electron chi connectivity index (χ4n) is 1.21. The first-order chi connectivity index (χ1) is 6.97. The van der Waals surface area contributed by atoms with E-state index in [0.717, 1.165) is 0 Å². The first kappa shape index (κ1) is 13.9. The number of carboxylic acids is 1. The average molecular weight is 218 g/mol. The van der Waals surface area contributed by atoms with Crippen LogP contribution in [0, 0.1) is 5.92 Å². The summed E-state index contributed by atoms with van der Waals surface area (Å²) in [6, 6.07) is 0. The number of nitrogens with zero attached hydrogens (tertiary/aromatic N) is 1. The molecule has 0 bridgehead atoms. The van der Waals surface area contributed by atoms with Gasteiger partial charge in [-0.3, -0.25) is 14.5 Å². The average Bonchev–Trinajstić information content (AvgIpc) is 2.13. The molecule has 1 atom stereocenters. The quantitative estimate of drug-likeness (QED) is 0.478. The van der Waals surface area contributed by atoms with Gasteiger partial charge in [-0.05, 0) is 6.42 Å². The number of aliphatic hydroxyl groups excluding tert-OH is 1. The van der Waals surface area contributed by atoms with Crippen LogP contribution in [0.1, 0.15) is 13.3 Å². The molecule has 1 unspecified atom stereocenters. The highest BCUT2D eigenvalue weighted by Gasteiger charge is 2.16. The summed E-state index contributed by atoms with van der Waals surface area (Å²) in [7, 11) is 0. The Kier molecular flexibility index (Phi) is 6.64. The van der Waals surface area contributed by atoms with Crippen molar-refractivity contribution in [2.45, 2.75) is 13.3 Å². The van der Waals surface area contributed by atoms with Crippen LogP contribution >= 0.6 is 0 Å². The maximum atomic E-state index is 10.7. The minimum Gasteiger partial charge on any atom is -0.481 e. The highest BCUT2D eigenvalue weighted by atomic mass is 16.4. The van der Waals surface area contributed by atoms with E-state index in [2.05, 4.69) is 0 Å². The second-order valence-electron chi connectivity index (χ2n) is 3.52. The monoisotopic (exact) mass is 218 g/mol. The number of amides is 1. The van der Waals surface area contributed by atoms with Crippen molar-refractivity contribution in [1.82, 2.24) is 4.90 Å². The summed E-state index contributed by atoms with van der Waals surface area (Å²) in [6.45, 7) is 2.33. The number of aliphatic carboxylic acids is 1. The van der Waals surface area contributed by atoms with Crippen LogP contribution in [0.15, 0.2) is 0 Å². The number of nitrogens with two attached hydrogens (primary N) is 1. The molecule has 6 nitrogen and oxygen atoms in total. The largest absolute Gasteiger partial charge is 0.481 e. The Morgan fingerprint density at radius 2 is 2.07 bits per heavy atom. The van der Waals surface area contributed by atoms with Crippen LogP contribution in [0.2, 0.25) is 0 Å². The van der Waals surface area contributed by atoms with E-state index < -0.39 is 17.8 Å². The standard InChI is InChI=1S/C9H18N2O4/c1-7(9(14)15)5-11(3-2-4-12)6-8(10)13/h7,12H,2-6H2,1H3,(H2,10,13)(H,14,15). The lowest BCUT2D eigenvalue weighted by Crippen LogP contribution is -2.39. The molecule has 0 saturated carbocycles. The van der Waals surface area contributed by atoms with Gasteiger partial charge in [-0.1, -0.05) is 6.92 Å². The van der Waals surface area contributed by atoms with E-state index in [1.807, 2.05) is 0 Å². The summed E-state index contributed by atoms with van der Waals surface area (Å²) in [4.78, 5) is 22.9. The van der Waals surface area contributed by atoms with Gasteiger partial charge in [0.2, 0.25) is 5.91 Å². The fraction of sp³-hybridized carbons (Fsp3) is 0.778. The number of primary amides is 1. The predicted molar refractivity (Wildman–Crippen MR) is 54.1 cm³/mol. The lowest BCUT2D eigenvalue weighted by molar-refractivity contribution is -0.142. The van der Waals surface area contributed by atoms with Crippen LogP contribution < -0.4 is 5.73 Å². The zero-order valence-electron chi connectivity index (χ0n) is 8.85. The van der Waals surface area contributed by atoms with Crippen molar-refractivity contribution in [3.63, 3.8) is 0 Å². The summed E-state index contributed by atoms with van der Waals surface area (Å²) in [5.41, 5.74) is 5.03. The van der Waals surface area contributed by atoms with E-state index in [1.165, 1.54) is 0 Å². The molecule has 0 aromatic heterocycles. The molecular formula is C9H18N2O4. The molecule has 0 rings (SSSR count). The van der Waals surface area contributed by atoms with Crippen molar-refractivity contribution in [3.05, 3.63) is 0 Å². The van der Waals surface area contributed by atoms with E-state index in [9.17, 15) is 9.59 Å². The molecule has 0 heterocycles. The lowest BCUT2D eigenvalue weighted by atomic mass is 10.1. The van der Waals surface area contributed by atoms with Gasteiger partial charge in [-0.15, -0.1) is 0 Å². The topological polar surface area (TPSA) is 104 Å². The van der Waals surface area contributed by atoms with E-state index in [4.69, 9.17) is 15.9 Å². The van der Waals surface area contributed by atoms with E-state index in [-0.39, 0.29) is 19.7 Å². The van der Waals surface area contributed by atoms with Crippen LogP contribution in [0.25, 0.3) is 0 Å². The molecule has 0 aliphatic heterocycles. The normalized spacial score (nSPS) is 12.7. The molecule has 0 radical (unpaired) electrons. The number of carbonyl (C=O) groups excluding carboxylic acids is 1. The Bertz CT molecular complexity index is 220. The van der Waals surface area contributed by atoms with Crippen LogP contribution in [-0.2, 0) is 9.59 Å². The molecule has 88 valence electrons. The SMILES string of the molecule is CC(CN(CCCO)CC(N)=O)C(=O)O. The van der Waals surface area contributed by atoms with Crippen molar-refractivity contribution in [2.75, 3.05) is 26.2 Å². The summed E-state index contributed by atoms with van der Waals surface area (Å²) in [5, 5.41) is 17.3. The van der Waals surface area contributed by atoms with Crippen LogP contribution in [0.5, 0.6) is 0 Å². The van der Waals surface area contributed by atoms with Crippen molar-refractivity contribution in [3.8, 4) is 0 Å². The number of aliphatic hydroxyl groups is 1. The molecule has 0 saturated heterocycles. The highest BCUT2D eigenvalue weighted by molar-refractivity contribution is 5.76. The third kappa shape index (κ3) is 6.87. The van der Waals surface area contributed by atoms with Gasteiger partial charge in [0.05, 0.1) is 12.5 Å². The number of carboxylic acid groups (broad SMARTS) is 1. The zero-order valence-corrected chi connectivity index (χ0v) is 8.85. The van der Waals surface area contributed by atoms with Crippen LogP contribution in [-0.4, -0.2) is 53.2 Å². The van der Waals surface area contributed by atoms with Crippen LogP contribution in [0.3, 0.4) is 0 Å². The van der Waals surface area contributed by atoms with Crippen molar-refractivity contribution < 1.29 is 19.8 Å². The molecule has 0 aliphatic carbocycles. The van der Waals surface area contributed by atoms with Gasteiger partial charge in [0, 0.05) is 19.7 Å². The molecule has 4 N–H and O–H groups in total. The number of hydrogen-bond donors (Lipinski definition) is 3. The lowest BCUT2D eigenvalue weighted by Gasteiger charge is -2.22. The highest BCUT2D eigenvalue weighted by Crippen LogP contribution is 2.01. The molecule has 6 heteroatoms. The summed E-state index contributed by atoms with van der Waals surface area (Å²) in [6.07, 6.45) is 0.500. The first-order valence-electron chi connectivity index (χ1n) is 4.81. The Hall–Kier alpha value is -1.14. The van der Waals surface area contributed by atoms with Crippen molar-refractivity contribution >= 4 is 11.9 Å². The van der Waals surface area contributed by atoms with Crippen LogP contribution in [0.4, 0.5) is 0 Å². The Balaban J connectivity index is 4.10. The molecule has 0 aromatic rings. The second-order valence-corrected chi connectivity index (χ2v) is 3.52. The third-order valence-corrected chi connectivity index (χ3v) is 1.97. The Morgan fingerprint density at radius 1 is 1.47 bits per heavy atom. The summed E-state index contributed by atoms with van der Waals surface area (Å²) in [5.74, 6) is -1.96. The van der Waals surface area contributed by atoms with Gasteiger partial charge >= 0.3 is 5.97 Å². The zero-order chi connectivity index (χ0) is 11.8. The molecular weight excluding hydrogens is 200 g/mol. The summed E-state index contributed by atoms with van der Waals surface area (Å²) < 4.78 is 0. The van der Waals surface area contributed by atoms with Gasteiger partial charge < -0.3 is 15.9 Å². The number of hydrogen-bond acceptors (Lipinski definition) is 4. The van der Waals surface area contributed by atoms with Gasteiger partial charge in [-0.25, -0.2) is 0 Å². The fourth-order valence-corrected chi connectivity index (χ4v) is 1.21. The van der Waals surface area contributed by atoms with Gasteiger partial charge in [0.25, 0.3) is 0 Å². The second kappa shape index (κ2) is 7.19. The predicted octanol–water partition coefficient (Wildman–Crippen LogP) is -1.12. The Morgan fingerprint density at radius 3 is 2.47 bits per heavy atom. The first-order valence-corrected chi connectivity index (χ1v) is 4.81.